The molecule has 1 aromatic heterocycles. The molecule has 0 amide bonds. The topological polar surface area (TPSA) is 37.8 Å². The summed E-state index contributed by atoms with van der Waals surface area (Å²) in [6, 6.07) is 1.97. The van der Waals surface area contributed by atoms with Crippen molar-refractivity contribution in [3.05, 3.63) is 18.1 Å². The van der Waals surface area contributed by atoms with Crippen molar-refractivity contribution < 1.29 is 0 Å². The third kappa shape index (κ3) is 3.50. The molecule has 1 N–H and O–H groups in total. The fraction of sp³-hybridized carbons (Fsp3) is 0.600. The van der Waals surface area contributed by atoms with E-state index in [9.17, 15) is 0 Å². The first-order chi connectivity index (χ1) is 6.76. The van der Waals surface area contributed by atoms with Crippen LogP contribution in [0.4, 0.5) is 5.82 Å². The van der Waals surface area contributed by atoms with E-state index in [0.29, 0.717) is 11.8 Å². The van der Waals surface area contributed by atoms with Gasteiger partial charge in [0.1, 0.15) is 12.1 Å². The van der Waals surface area contributed by atoms with E-state index in [4.69, 9.17) is 11.6 Å². The number of hydrogen-bond donors (Lipinski definition) is 1. The van der Waals surface area contributed by atoms with Crippen molar-refractivity contribution in [3.8, 4) is 0 Å². The van der Waals surface area contributed by atoms with Crippen molar-refractivity contribution in [1.82, 2.24) is 9.97 Å². The molecule has 0 aliphatic rings. The fourth-order valence-corrected chi connectivity index (χ4v) is 1.13. The zero-order valence-corrected chi connectivity index (χ0v) is 9.38. The Bertz CT molecular complexity index is 278. The summed E-state index contributed by atoms with van der Waals surface area (Å²) in [5, 5.41) is 3.23. The van der Waals surface area contributed by atoms with Crippen LogP contribution in [0.5, 0.6) is 0 Å². The van der Waals surface area contributed by atoms with Gasteiger partial charge in [-0.1, -0.05) is 13.8 Å². The molecule has 0 saturated heterocycles. The van der Waals surface area contributed by atoms with Gasteiger partial charge in [0.25, 0.3) is 0 Å². The molecule has 0 spiro atoms. The summed E-state index contributed by atoms with van der Waals surface area (Å²) < 4.78 is 0. The van der Waals surface area contributed by atoms with Gasteiger partial charge >= 0.3 is 0 Å². The standard InChI is InChI=1S/C10H16ClN3/c1-3-9-4-10(14-7-13-9)12-6-8(2)5-11/h4,7-8H,3,5-6H2,1-2H3,(H,12,13,14). The third-order valence-corrected chi connectivity index (χ3v) is 2.51. The molecule has 0 radical (unpaired) electrons. The Morgan fingerprint density at radius 3 is 2.93 bits per heavy atom. The number of anilines is 1. The Morgan fingerprint density at radius 2 is 2.29 bits per heavy atom. The number of hydrogen-bond acceptors (Lipinski definition) is 3. The summed E-state index contributed by atoms with van der Waals surface area (Å²) in [5.41, 5.74) is 1.06. The minimum atomic E-state index is 0.455. The van der Waals surface area contributed by atoms with Crippen LogP contribution < -0.4 is 5.32 Å². The zero-order chi connectivity index (χ0) is 10.4. The van der Waals surface area contributed by atoms with Gasteiger partial charge in [0.2, 0.25) is 0 Å². The summed E-state index contributed by atoms with van der Waals surface area (Å²) >= 11 is 5.70. The highest BCUT2D eigenvalue weighted by Gasteiger charge is 2.01. The van der Waals surface area contributed by atoms with Crippen molar-refractivity contribution in [2.45, 2.75) is 20.3 Å². The van der Waals surface area contributed by atoms with Gasteiger partial charge in [-0.05, 0) is 12.3 Å². The van der Waals surface area contributed by atoms with Crippen molar-refractivity contribution >= 4 is 17.4 Å². The van der Waals surface area contributed by atoms with E-state index in [2.05, 4.69) is 29.1 Å². The van der Waals surface area contributed by atoms with E-state index in [1.54, 1.807) is 6.33 Å². The second-order valence-electron chi connectivity index (χ2n) is 3.39. The summed E-state index contributed by atoms with van der Waals surface area (Å²) in [6.07, 6.45) is 2.52. The highest BCUT2D eigenvalue weighted by molar-refractivity contribution is 6.18. The smallest absolute Gasteiger partial charge is 0.129 e. The van der Waals surface area contributed by atoms with Gasteiger partial charge in [0.15, 0.2) is 0 Å². The summed E-state index contributed by atoms with van der Waals surface area (Å²) in [7, 11) is 0. The first-order valence-corrected chi connectivity index (χ1v) is 5.40. The molecule has 3 nitrogen and oxygen atoms in total. The molecule has 1 rings (SSSR count). The molecular formula is C10H16ClN3. The lowest BCUT2D eigenvalue weighted by Gasteiger charge is -2.09. The van der Waals surface area contributed by atoms with E-state index in [1.165, 1.54) is 0 Å². The molecule has 14 heavy (non-hydrogen) atoms. The largest absolute Gasteiger partial charge is 0.370 e. The van der Waals surface area contributed by atoms with Crippen LogP contribution in [0.15, 0.2) is 12.4 Å². The quantitative estimate of drug-likeness (QED) is 0.763. The van der Waals surface area contributed by atoms with Crippen molar-refractivity contribution in [3.63, 3.8) is 0 Å². The molecule has 4 heteroatoms. The molecule has 78 valence electrons. The second-order valence-corrected chi connectivity index (χ2v) is 3.70. The number of rotatable bonds is 5. The molecule has 0 saturated carbocycles. The van der Waals surface area contributed by atoms with Crippen LogP contribution >= 0.6 is 11.6 Å². The van der Waals surface area contributed by atoms with Crippen molar-refractivity contribution in [2.75, 3.05) is 17.7 Å². The van der Waals surface area contributed by atoms with E-state index in [1.807, 2.05) is 6.07 Å². The van der Waals surface area contributed by atoms with Crippen LogP contribution in [-0.4, -0.2) is 22.4 Å². The molecular weight excluding hydrogens is 198 g/mol. The summed E-state index contributed by atoms with van der Waals surface area (Å²) in [5.74, 6) is 2.00. The normalized spacial score (nSPS) is 12.5. The van der Waals surface area contributed by atoms with E-state index in [0.717, 1.165) is 24.5 Å². The molecule has 0 aromatic carbocycles. The highest BCUT2D eigenvalue weighted by atomic mass is 35.5. The second kappa shape index (κ2) is 5.81. The number of aryl methyl sites for hydroxylation is 1. The predicted octanol–water partition coefficient (Wildman–Crippen LogP) is 2.33. The van der Waals surface area contributed by atoms with Crippen LogP contribution in [0, 0.1) is 5.92 Å². The zero-order valence-electron chi connectivity index (χ0n) is 8.63. The van der Waals surface area contributed by atoms with Crippen LogP contribution in [0.25, 0.3) is 0 Å². The van der Waals surface area contributed by atoms with E-state index < -0.39 is 0 Å². The summed E-state index contributed by atoms with van der Waals surface area (Å²) in [4.78, 5) is 8.26. The molecule has 0 fully saturated rings. The minimum Gasteiger partial charge on any atom is -0.370 e. The minimum absolute atomic E-state index is 0.455. The maximum Gasteiger partial charge on any atom is 0.129 e. The average molecular weight is 214 g/mol. The van der Waals surface area contributed by atoms with Crippen LogP contribution in [0.2, 0.25) is 0 Å². The monoisotopic (exact) mass is 213 g/mol. The predicted molar refractivity (Wildman–Crippen MR) is 59.8 cm³/mol. The van der Waals surface area contributed by atoms with Crippen molar-refractivity contribution in [2.24, 2.45) is 5.92 Å². The van der Waals surface area contributed by atoms with E-state index >= 15 is 0 Å². The van der Waals surface area contributed by atoms with Crippen LogP contribution in [0.3, 0.4) is 0 Å². The lowest BCUT2D eigenvalue weighted by Crippen LogP contribution is -2.13. The Hall–Kier alpha value is -0.830. The maximum atomic E-state index is 5.70. The van der Waals surface area contributed by atoms with Crippen molar-refractivity contribution in [1.29, 1.82) is 0 Å². The number of halogens is 1. The Balaban J connectivity index is 2.50. The molecule has 1 unspecified atom stereocenters. The van der Waals surface area contributed by atoms with Gasteiger partial charge in [-0.3, -0.25) is 0 Å². The molecule has 1 heterocycles. The molecule has 0 aliphatic carbocycles. The lowest BCUT2D eigenvalue weighted by atomic mass is 10.2. The van der Waals surface area contributed by atoms with Gasteiger partial charge in [-0.2, -0.15) is 0 Å². The number of aromatic nitrogens is 2. The summed E-state index contributed by atoms with van der Waals surface area (Å²) in [6.45, 7) is 5.03. The number of nitrogens with one attached hydrogen (secondary N) is 1. The van der Waals surface area contributed by atoms with Gasteiger partial charge < -0.3 is 5.32 Å². The van der Waals surface area contributed by atoms with Gasteiger partial charge in [0, 0.05) is 24.2 Å². The third-order valence-electron chi connectivity index (χ3n) is 1.98. The van der Waals surface area contributed by atoms with Gasteiger partial charge in [-0.15, -0.1) is 11.6 Å². The molecule has 0 bridgehead atoms. The number of nitrogens with zero attached hydrogens (tertiary/aromatic N) is 2. The Morgan fingerprint density at radius 1 is 1.50 bits per heavy atom. The first-order valence-electron chi connectivity index (χ1n) is 4.87. The molecule has 1 atom stereocenters. The Labute approximate surface area is 89.9 Å². The molecule has 1 aromatic rings. The average Bonchev–Trinajstić information content (AvgIpc) is 2.26. The van der Waals surface area contributed by atoms with Gasteiger partial charge in [0.05, 0.1) is 0 Å². The van der Waals surface area contributed by atoms with Gasteiger partial charge in [-0.25, -0.2) is 9.97 Å². The maximum absolute atomic E-state index is 5.70. The fourth-order valence-electron chi connectivity index (χ4n) is 1.02. The highest BCUT2D eigenvalue weighted by Crippen LogP contribution is 2.06. The SMILES string of the molecule is CCc1cc(NCC(C)CCl)ncn1. The first kappa shape index (κ1) is 11.2. The van der Waals surface area contributed by atoms with Crippen LogP contribution in [-0.2, 0) is 6.42 Å². The molecule has 0 aliphatic heterocycles. The van der Waals surface area contributed by atoms with Crippen LogP contribution in [0.1, 0.15) is 19.5 Å². The Kier molecular flexibility index (Phi) is 4.66. The number of alkyl halides is 1. The lowest BCUT2D eigenvalue weighted by molar-refractivity contribution is 0.694. The van der Waals surface area contributed by atoms with E-state index in [-0.39, 0.29) is 0 Å².